The Labute approximate surface area is 108 Å². The van der Waals surface area contributed by atoms with E-state index in [4.69, 9.17) is 5.73 Å². The molecule has 0 saturated carbocycles. The van der Waals surface area contributed by atoms with Crippen molar-refractivity contribution in [1.29, 1.82) is 0 Å². The zero-order valence-electron chi connectivity index (χ0n) is 9.82. The first kappa shape index (κ1) is 14.0. The Bertz CT molecular complexity index is 314. The van der Waals surface area contributed by atoms with Gasteiger partial charge in [0.15, 0.2) is 0 Å². The van der Waals surface area contributed by atoms with E-state index in [2.05, 4.69) is 23.3 Å². The number of thiophene rings is 1. The lowest BCUT2D eigenvalue weighted by Crippen LogP contribution is -2.43. The SMILES string of the molecule is Cc1ccsc1CN1CCCCC1CN.Cl. The Balaban J connectivity index is 0.00000128. The first-order chi connectivity index (χ1) is 7.31. The monoisotopic (exact) mass is 260 g/mol. The molecule has 2 heterocycles. The highest BCUT2D eigenvalue weighted by molar-refractivity contribution is 7.10. The molecule has 1 aromatic rings. The number of piperidine rings is 1. The molecule has 0 aromatic carbocycles. The maximum Gasteiger partial charge on any atom is 0.0334 e. The fourth-order valence-corrected chi connectivity index (χ4v) is 3.22. The smallest absolute Gasteiger partial charge is 0.0334 e. The number of likely N-dealkylation sites (tertiary alicyclic amines) is 1. The van der Waals surface area contributed by atoms with Crippen molar-refractivity contribution in [3.63, 3.8) is 0 Å². The number of rotatable bonds is 3. The molecule has 1 fully saturated rings. The molecule has 0 amide bonds. The molecule has 1 aliphatic heterocycles. The van der Waals surface area contributed by atoms with Gasteiger partial charge in [0, 0.05) is 24.0 Å². The maximum atomic E-state index is 5.82. The minimum atomic E-state index is 0. The third-order valence-corrected chi connectivity index (χ3v) is 4.34. The molecule has 2 rings (SSSR count). The van der Waals surface area contributed by atoms with Crippen LogP contribution in [0.25, 0.3) is 0 Å². The molecule has 92 valence electrons. The Morgan fingerprint density at radius 3 is 2.94 bits per heavy atom. The molecule has 1 saturated heterocycles. The van der Waals surface area contributed by atoms with Gasteiger partial charge in [-0.2, -0.15) is 0 Å². The second kappa shape index (κ2) is 6.60. The van der Waals surface area contributed by atoms with E-state index in [1.54, 1.807) is 0 Å². The van der Waals surface area contributed by atoms with Crippen molar-refractivity contribution in [1.82, 2.24) is 4.90 Å². The molecule has 2 N–H and O–H groups in total. The van der Waals surface area contributed by atoms with Gasteiger partial charge in [0.1, 0.15) is 0 Å². The molecule has 1 aromatic heterocycles. The van der Waals surface area contributed by atoms with E-state index in [1.807, 2.05) is 11.3 Å². The zero-order chi connectivity index (χ0) is 10.7. The van der Waals surface area contributed by atoms with Gasteiger partial charge < -0.3 is 5.73 Å². The Morgan fingerprint density at radius 1 is 1.50 bits per heavy atom. The van der Waals surface area contributed by atoms with Gasteiger partial charge in [0.25, 0.3) is 0 Å². The summed E-state index contributed by atoms with van der Waals surface area (Å²) in [4.78, 5) is 4.07. The van der Waals surface area contributed by atoms with E-state index in [0.29, 0.717) is 6.04 Å². The lowest BCUT2D eigenvalue weighted by atomic mass is 10.0. The Hall–Kier alpha value is -0.0900. The molecule has 0 bridgehead atoms. The van der Waals surface area contributed by atoms with E-state index in [-0.39, 0.29) is 12.4 Å². The van der Waals surface area contributed by atoms with Crippen LogP contribution in [0.3, 0.4) is 0 Å². The van der Waals surface area contributed by atoms with Crippen LogP contribution in [0.2, 0.25) is 0 Å². The Morgan fingerprint density at radius 2 is 2.31 bits per heavy atom. The van der Waals surface area contributed by atoms with Crippen molar-refractivity contribution in [2.45, 2.75) is 38.8 Å². The normalized spacial score (nSPS) is 21.8. The van der Waals surface area contributed by atoms with E-state index in [9.17, 15) is 0 Å². The van der Waals surface area contributed by atoms with Crippen molar-refractivity contribution in [2.75, 3.05) is 13.1 Å². The van der Waals surface area contributed by atoms with Crippen LogP contribution < -0.4 is 5.73 Å². The maximum absolute atomic E-state index is 5.82. The van der Waals surface area contributed by atoms with Crippen LogP contribution in [0.1, 0.15) is 29.7 Å². The van der Waals surface area contributed by atoms with Gasteiger partial charge in [-0.1, -0.05) is 6.42 Å². The van der Waals surface area contributed by atoms with E-state index in [0.717, 1.165) is 13.1 Å². The van der Waals surface area contributed by atoms with E-state index < -0.39 is 0 Å². The molecule has 0 radical (unpaired) electrons. The average molecular weight is 261 g/mol. The number of nitrogens with zero attached hydrogens (tertiary/aromatic N) is 1. The predicted molar refractivity (Wildman–Crippen MR) is 73.4 cm³/mol. The van der Waals surface area contributed by atoms with Gasteiger partial charge in [-0.15, -0.1) is 23.7 Å². The summed E-state index contributed by atoms with van der Waals surface area (Å²) in [6.45, 7) is 5.34. The minimum Gasteiger partial charge on any atom is -0.329 e. The van der Waals surface area contributed by atoms with Gasteiger partial charge >= 0.3 is 0 Å². The average Bonchev–Trinajstić information content (AvgIpc) is 2.65. The highest BCUT2D eigenvalue weighted by Gasteiger charge is 2.21. The zero-order valence-corrected chi connectivity index (χ0v) is 11.4. The van der Waals surface area contributed by atoms with Crippen LogP contribution in [0, 0.1) is 6.92 Å². The second-order valence-corrected chi connectivity index (χ2v) is 5.38. The van der Waals surface area contributed by atoms with E-state index in [1.165, 1.54) is 36.2 Å². The standard InChI is InChI=1S/C12H20N2S.ClH/c1-10-5-7-15-12(10)9-14-6-3-2-4-11(14)8-13;/h5,7,11H,2-4,6,8-9,13H2,1H3;1H. The van der Waals surface area contributed by atoms with Crippen LogP contribution in [-0.2, 0) is 6.54 Å². The number of nitrogens with two attached hydrogens (primary N) is 1. The van der Waals surface area contributed by atoms with Crippen LogP contribution >= 0.6 is 23.7 Å². The summed E-state index contributed by atoms with van der Waals surface area (Å²) >= 11 is 1.87. The molecular formula is C12H21ClN2S. The summed E-state index contributed by atoms with van der Waals surface area (Å²) in [7, 11) is 0. The number of hydrogen-bond acceptors (Lipinski definition) is 3. The molecule has 16 heavy (non-hydrogen) atoms. The summed E-state index contributed by atoms with van der Waals surface area (Å²) in [5.74, 6) is 0. The molecule has 0 spiro atoms. The van der Waals surface area contributed by atoms with Gasteiger partial charge in [-0.3, -0.25) is 4.90 Å². The molecule has 1 atom stereocenters. The summed E-state index contributed by atoms with van der Waals surface area (Å²) in [6, 6.07) is 2.82. The van der Waals surface area contributed by atoms with Crippen molar-refractivity contribution >= 4 is 23.7 Å². The van der Waals surface area contributed by atoms with Crippen LogP contribution in [0.5, 0.6) is 0 Å². The summed E-state index contributed by atoms with van der Waals surface area (Å²) < 4.78 is 0. The Kier molecular flexibility index (Phi) is 5.76. The van der Waals surface area contributed by atoms with Crippen molar-refractivity contribution < 1.29 is 0 Å². The van der Waals surface area contributed by atoms with Gasteiger partial charge in [-0.05, 0) is 43.3 Å². The van der Waals surface area contributed by atoms with Crippen molar-refractivity contribution in [3.8, 4) is 0 Å². The summed E-state index contributed by atoms with van der Waals surface area (Å²) in [5, 5.41) is 2.19. The predicted octanol–water partition coefficient (Wildman–Crippen LogP) is 2.79. The quantitative estimate of drug-likeness (QED) is 0.906. The number of halogens is 1. The first-order valence-corrected chi connectivity index (χ1v) is 6.66. The van der Waals surface area contributed by atoms with Crippen molar-refractivity contribution in [3.05, 3.63) is 21.9 Å². The molecular weight excluding hydrogens is 240 g/mol. The van der Waals surface area contributed by atoms with E-state index >= 15 is 0 Å². The summed E-state index contributed by atoms with van der Waals surface area (Å²) in [6.07, 6.45) is 3.96. The number of hydrogen-bond donors (Lipinski definition) is 1. The third-order valence-electron chi connectivity index (χ3n) is 3.34. The van der Waals surface area contributed by atoms with Crippen LogP contribution in [0.4, 0.5) is 0 Å². The first-order valence-electron chi connectivity index (χ1n) is 5.78. The molecule has 1 aliphatic rings. The fourth-order valence-electron chi connectivity index (χ4n) is 2.29. The van der Waals surface area contributed by atoms with Gasteiger partial charge in [0.2, 0.25) is 0 Å². The summed E-state index contributed by atoms with van der Waals surface area (Å²) in [5.41, 5.74) is 7.25. The largest absolute Gasteiger partial charge is 0.329 e. The highest BCUT2D eigenvalue weighted by atomic mass is 35.5. The molecule has 0 aliphatic carbocycles. The highest BCUT2D eigenvalue weighted by Crippen LogP contribution is 2.23. The lowest BCUT2D eigenvalue weighted by molar-refractivity contribution is 0.146. The fraction of sp³-hybridized carbons (Fsp3) is 0.667. The minimum absolute atomic E-state index is 0. The van der Waals surface area contributed by atoms with Crippen LogP contribution in [0.15, 0.2) is 11.4 Å². The molecule has 2 nitrogen and oxygen atoms in total. The third kappa shape index (κ3) is 3.20. The van der Waals surface area contributed by atoms with Gasteiger partial charge in [-0.25, -0.2) is 0 Å². The van der Waals surface area contributed by atoms with Crippen molar-refractivity contribution in [2.24, 2.45) is 5.73 Å². The molecule has 1 unspecified atom stereocenters. The lowest BCUT2D eigenvalue weighted by Gasteiger charge is -2.34. The topological polar surface area (TPSA) is 29.3 Å². The molecule has 4 heteroatoms. The van der Waals surface area contributed by atoms with Gasteiger partial charge in [0.05, 0.1) is 0 Å². The second-order valence-electron chi connectivity index (χ2n) is 4.38. The number of aryl methyl sites for hydroxylation is 1. The van der Waals surface area contributed by atoms with Crippen LogP contribution in [-0.4, -0.2) is 24.0 Å².